The van der Waals surface area contributed by atoms with Crippen molar-refractivity contribution in [3.8, 4) is 0 Å². The van der Waals surface area contributed by atoms with Gasteiger partial charge < -0.3 is 5.11 Å². The van der Waals surface area contributed by atoms with E-state index in [4.69, 9.17) is 5.11 Å². The van der Waals surface area contributed by atoms with E-state index in [0.29, 0.717) is 0 Å². The van der Waals surface area contributed by atoms with Gasteiger partial charge in [0.05, 0.1) is 0 Å². The number of hydrogen-bond donors (Lipinski definition) is 1. The molecule has 0 rings (SSSR count). The number of carboxylic acids is 1. The van der Waals surface area contributed by atoms with Crippen molar-refractivity contribution in [2.24, 2.45) is 0 Å². The topological polar surface area (TPSA) is 37.3 Å². The number of carbonyl (C=O) groups is 1. The van der Waals surface area contributed by atoms with Gasteiger partial charge in [-0.25, -0.2) is 9.18 Å². The van der Waals surface area contributed by atoms with Crippen molar-refractivity contribution in [3.05, 3.63) is 36.2 Å². The summed E-state index contributed by atoms with van der Waals surface area (Å²) in [6, 6.07) is 0. The van der Waals surface area contributed by atoms with E-state index in [0.717, 1.165) is 12.2 Å². The molecule has 0 saturated carbocycles. The Morgan fingerprint density at radius 3 is 2.55 bits per heavy atom. The summed E-state index contributed by atoms with van der Waals surface area (Å²) in [6.07, 6.45) is 5.95. The Bertz CT molecular complexity index is 214. The Hall–Kier alpha value is -1.38. The second-order valence-corrected chi connectivity index (χ2v) is 1.75. The van der Waals surface area contributed by atoms with Crippen LogP contribution in [0.15, 0.2) is 36.2 Å². The average Bonchev–Trinajstić information content (AvgIpc) is 1.97. The number of allylic oxidation sites excluding steroid dienone is 5. The van der Waals surface area contributed by atoms with Gasteiger partial charge in [0.2, 0.25) is 0 Å². The highest BCUT2D eigenvalue weighted by Crippen LogP contribution is 1.97. The third-order valence-corrected chi connectivity index (χ3v) is 0.833. The van der Waals surface area contributed by atoms with Crippen LogP contribution in [-0.4, -0.2) is 11.1 Å². The number of rotatable bonds is 3. The van der Waals surface area contributed by atoms with Gasteiger partial charge in [-0.2, -0.15) is 0 Å². The summed E-state index contributed by atoms with van der Waals surface area (Å²) in [5.41, 5.74) is 0. The molecule has 0 aliphatic rings. The molecule has 0 atom stereocenters. The molecule has 0 aliphatic heterocycles. The zero-order valence-corrected chi connectivity index (χ0v) is 6.12. The first-order chi connectivity index (χ1) is 5.16. The van der Waals surface area contributed by atoms with E-state index < -0.39 is 11.8 Å². The molecule has 0 aromatic rings. The smallest absolute Gasteiger partial charge is 0.328 e. The predicted octanol–water partition coefficient (Wildman–Crippen LogP) is 2.06. The first-order valence-electron chi connectivity index (χ1n) is 3.06. The summed E-state index contributed by atoms with van der Waals surface area (Å²) >= 11 is 0. The highest BCUT2D eigenvalue weighted by Gasteiger charge is 1.87. The van der Waals surface area contributed by atoms with Crippen molar-refractivity contribution in [2.75, 3.05) is 0 Å². The Labute approximate surface area is 64.3 Å². The molecular formula is C8H9FO2. The lowest BCUT2D eigenvalue weighted by Crippen LogP contribution is -1.85. The van der Waals surface area contributed by atoms with Crippen LogP contribution in [0, 0.1) is 0 Å². The molecule has 0 heterocycles. The third-order valence-electron chi connectivity index (χ3n) is 0.833. The van der Waals surface area contributed by atoms with Crippen molar-refractivity contribution in [2.45, 2.75) is 6.92 Å². The van der Waals surface area contributed by atoms with Crippen LogP contribution in [0.1, 0.15) is 6.92 Å². The molecule has 0 bridgehead atoms. The average molecular weight is 156 g/mol. The van der Waals surface area contributed by atoms with E-state index in [9.17, 15) is 9.18 Å². The summed E-state index contributed by atoms with van der Waals surface area (Å²) in [5, 5.41) is 8.09. The maximum Gasteiger partial charge on any atom is 0.328 e. The number of halogens is 1. The molecule has 1 N–H and O–H groups in total. The van der Waals surface area contributed by atoms with Gasteiger partial charge in [-0.1, -0.05) is 12.2 Å². The van der Waals surface area contributed by atoms with Gasteiger partial charge in [0.1, 0.15) is 5.83 Å². The van der Waals surface area contributed by atoms with E-state index in [2.05, 4.69) is 0 Å². The molecule has 2 nitrogen and oxygen atoms in total. The molecule has 0 aliphatic carbocycles. The van der Waals surface area contributed by atoms with Gasteiger partial charge in [-0.15, -0.1) is 0 Å². The normalized spacial score (nSPS) is 13.1. The lowest BCUT2D eigenvalue weighted by Gasteiger charge is -1.81. The molecule has 11 heavy (non-hydrogen) atoms. The first kappa shape index (κ1) is 9.62. The molecule has 0 radical (unpaired) electrons. The fraction of sp³-hybridized carbons (Fsp3) is 0.125. The molecule has 0 aromatic carbocycles. The zero-order chi connectivity index (χ0) is 8.69. The molecule has 0 spiro atoms. The monoisotopic (exact) mass is 156 g/mol. The molecule has 0 amide bonds. The van der Waals surface area contributed by atoms with Gasteiger partial charge in [0, 0.05) is 6.08 Å². The Morgan fingerprint density at radius 2 is 2.09 bits per heavy atom. The maximum absolute atomic E-state index is 12.4. The highest BCUT2D eigenvalue weighted by molar-refractivity contribution is 5.80. The fourth-order valence-electron chi connectivity index (χ4n) is 0.395. The van der Waals surface area contributed by atoms with E-state index in [1.54, 1.807) is 13.0 Å². The third kappa shape index (κ3) is 6.51. The van der Waals surface area contributed by atoms with Gasteiger partial charge in [0.15, 0.2) is 0 Å². The van der Waals surface area contributed by atoms with Crippen LogP contribution in [0.2, 0.25) is 0 Å². The van der Waals surface area contributed by atoms with Gasteiger partial charge in [-0.05, 0) is 19.1 Å². The largest absolute Gasteiger partial charge is 0.478 e. The Balaban J connectivity index is 4.05. The highest BCUT2D eigenvalue weighted by atomic mass is 19.1. The minimum Gasteiger partial charge on any atom is -0.478 e. The number of hydrogen-bond acceptors (Lipinski definition) is 1. The molecule has 60 valence electrons. The van der Waals surface area contributed by atoms with Crippen molar-refractivity contribution in [3.63, 3.8) is 0 Å². The van der Waals surface area contributed by atoms with Crippen LogP contribution >= 0.6 is 0 Å². The van der Waals surface area contributed by atoms with Crippen molar-refractivity contribution < 1.29 is 14.3 Å². The van der Waals surface area contributed by atoms with Crippen LogP contribution in [0.4, 0.5) is 4.39 Å². The summed E-state index contributed by atoms with van der Waals surface area (Å²) in [5.74, 6) is -1.74. The van der Waals surface area contributed by atoms with Gasteiger partial charge >= 0.3 is 5.97 Å². The van der Waals surface area contributed by atoms with Crippen molar-refractivity contribution >= 4 is 5.97 Å². The first-order valence-corrected chi connectivity index (χ1v) is 3.06. The molecule has 0 fully saturated rings. The zero-order valence-electron chi connectivity index (χ0n) is 6.12. The van der Waals surface area contributed by atoms with E-state index in [-0.39, 0.29) is 0 Å². The Kier molecular flexibility index (Phi) is 4.73. The lowest BCUT2D eigenvalue weighted by molar-refractivity contribution is -0.131. The molecule has 0 unspecified atom stereocenters. The second kappa shape index (κ2) is 5.41. The molecule has 3 heteroatoms. The molecular weight excluding hydrogens is 147 g/mol. The van der Waals surface area contributed by atoms with Crippen molar-refractivity contribution in [1.82, 2.24) is 0 Å². The van der Waals surface area contributed by atoms with Crippen LogP contribution in [0.3, 0.4) is 0 Å². The van der Waals surface area contributed by atoms with E-state index in [1.807, 2.05) is 0 Å². The van der Waals surface area contributed by atoms with E-state index in [1.165, 1.54) is 12.2 Å². The summed E-state index contributed by atoms with van der Waals surface area (Å²) in [6.45, 7) is 1.74. The molecule has 0 saturated heterocycles. The van der Waals surface area contributed by atoms with Gasteiger partial charge in [-0.3, -0.25) is 0 Å². The van der Waals surface area contributed by atoms with E-state index >= 15 is 0 Å². The SMILES string of the molecule is CC=CC=C(F)C=CC(=O)O. The summed E-state index contributed by atoms with van der Waals surface area (Å²) in [7, 11) is 0. The van der Waals surface area contributed by atoms with Gasteiger partial charge in [0.25, 0.3) is 0 Å². The van der Waals surface area contributed by atoms with Crippen LogP contribution in [0.5, 0.6) is 0 Å². The minimum atomic E-state index is -1.16. The maximum atomic E-state index is 12.4. The summed E-state index contributed by atoms with van der Waals surface area (Å²) in [4.78, 5) is 9.88. The quantitative estimate of drug-likeness (QED) is 0.501. The fourth-order valence-corrected chi connectivity index (χ4v) is 0.395. The van der Waals surface area contributed by atoms with Crippen LogP contribution < -0.4 is 0 Å². The standard InChI is InChI=1S/C8H9FO2/c1-2-3-4-7(9)5-6-8(10)11/h2-6H,1H3,(H,10,11). The number of carboxylic acid groups (broad SMARTS) is 1. The van der Waals surface area contributed by atoms with Crippen LogP contribution in [0.25, 0.3) is 0 Å². The predicted molar refractivity (Wildman–Crippen MR) is 40.8 cm³/mol. The summed E-state index contributed by atoms with van der Waals surface area (Å²) < 4.78 is 12.4. The van der Waals surface area contributed by atoms with Crippen LogP contribution in [-0.2, 0) is 4.79 Å². The lowest BCUT2D eigenvalue weighted by atomic mass is 10.4. The molecule has 0 aromatic heterocycles. The number of aliphatic carboxylic acids is 1. The van der Waals surface area contributed by atoms with Crippen molar-refractivity contribution in [1.29, 1.82) is 0 Å². The Morgan fingerprint density at radius 1 is 1.45 bits per heavy atom. The minimum absolute atomic E-state index is 0.578. The second-order valence-electron chi connectivity index (χ2n) is 1.75.